The number of aromatic nitrogens is 2. The summed E-state index contributed by atoms with van der Waals surface area (Å²) in [4.78, 5) is 4.11. The summed E-state index contributed by atoms with van der Waals surface area (Å²) in [5, 5.41) is 0.800. The van der Waals surface area contributed by atoms with E-state index in [1.807, 2.05) is 0 Å². The third-order valence-electron chi connectivity index (χ3n) is 2.97. The number of hydrogen-bond acceptors (Lipinski definition) is 1. The van der Waals surface area contributed by atoms with Gasteiger partial charge in [0.1, 0.15) is 17.2 Å². The second-order valence-electron chi connectivity index (χ2n) is 4.38. The molecule has 0 aliphatic carbocycles. The largest absolute Gasteiger partial charge is 0.295 e. The predicted octanol–water partition coefficient (Wildman–Crippen LogP) is 5.35. The number of rotatable bonds is 2. The molecule has 0 spiro atoms. The highest BCUT2D eigenvalue weighted by Crippen LogP contribution is 2.29. The normalized spacial score (nSPS) is 11.3. The Hall–Kier alpha value is -1.36. The topological polar surface area (TPSA) is 17.8 Å². The maximum absolute atomic E-state index is 13.8. The van der Waals surface area contributed by atoms with Crippen LogP contribution in [-0.2, 0) is 5.88 Å². The maximum atomic E-state index is 13.8. The van der Waals surface area contributed by atoms with Crippen LogP contribution in [0.1, 0.15) is 5.82 Å². The average Bonchev–Trinajstić information content (AvgIpc) is 2.76. The summed E-state index contributed by atoms with van der Waals surface area (Å²) < 4.78 is 28.9. The zero-order valence-corrected chi connectivity index (χ0v) is 12.6. The van der Waals surface area contributed by atoms with Crippen molar-refractivity contribution >= 4 is 45.8 Å². The van der Waals surface area contributed by atoms with Crippen LogP contribution in [0.4, 0.5) is 8.78 Å². The van der Waals surface area contributed by atoms with Crippen LogP contribution in [0.5, 0.6) is 0 Å². The maximum Gasteiger partial charge on any atom is 0.153 e. The molecule has 0 atom stereocenters. The lowest BCUT2D eigenvalue weighted by molar-refractivity contribution is 0.590. The van der Waals surface area contributed by atoms with Crippen molar-refractivity contribution in [1.82, 2.24) is 9.55 Å². The molecule has 2 aromatic carbocycles. The fraction of sp³-hybridized carbons (Fsp3) is 0.0714. The fourth-order valence-corrected chi connectivity index (χ4v) is 2.89. The summed E-state index contributed by atoms with van der Waals surface area (Å²) in [6.45, 7) is 0. The third kappa shape index (κ3) is 2.59. The van der Waals surface area contributed by atoms with Crippen LogP contribution in [0.15, 0.2) is 30.3 Å². The van der Waals surface area contributed by atoms with Gasteiger partial charge in [-0.1, -0.05) is 23.2 Å². The van der Waals surface area contributed by atoms with Crippen LogP contribution in [0.25, 0.3) is 16.7 Å². The van der Waals surface area contributed by atoms with Crippen LogP contribution in [-0.4, -0.2) is 9.55 Å². The Balaban J connectivity index is 2.39. The molecule has 0 saturated heterocycles. The first kappa shape index (κ1) is 14.6. The van der Waals surface area contributed by atoms with Crippen LogP contribution in [0, 0.1) is 11.6 Å². The van der Waals surface area contributed by atoms with E-state index in [2.05, 4.69) is 4.98 Å². The minimum Gasteiger partial charge on any atom is -0.295 e. The number of nitrogens with zero attached hydrogens (tertiary/aromatic N) is 2. The SMILES string of the molecule is Fc1cc(F)c2nc(CCl)n(-c3cc(Cl)cc(Cl)c3)c2c1. The van der Waals surface area contributed by atoms with Crippen molar-refractivity contribution in [3.05, 3.63) is 57.8 Å². The minimum atomic E-state index is -0.747. The van der Waals surface area contributed by atoms with Gasteiger partial charge in [-0.05, 0) is 18.2 Å². The molecule has 3 rings (SSSR count). The van der Waals surface area contributed by atoms with Gasteiger partial charge >= 0.3 is 0 Å². The number of imidazole rings is 1. The van der Waals surface area contributed by atoms with Gasteiger partial charge in [0.05, 0.1) is 17.1 Å². The van der Waals surface area contributed by atoms with Crippen LogP contribution < -0.4 is 0 Å². The Bertz CT molecular complexity index is 826. The molecule has 1 heterocycles. The lowest BCUT2D eigenvalue weighted by Crippen LogP contribution is -1.99. The molecule has 3 aromatic rings. The molecule has 0 N–H and O–H groups in total. The van der Waals surface area contributed by atoms with Crippen LogP contribution in [0.3, 0.4) is 0 Å². The number of benzene rings is 2. The molecule has 0 aliphatic heterocycles. The first-order chi connectivity index (χ1) is 9.99. The van der Waals surface area contributed by atoms with E-state index >= 15 is 0 Å². The van der Waals surface area contributed by atoms with E-state index in [1.165, 1.54) is 10.6 Å². The van der Waals surface area contributed by atoms with E-state index in [1.54, 1.807) is 18.2 Å². The predicted molar refractivity (Wildman–Crippen MR) is 80.6 cm³/mol. The van der Waals surface area contributed by atoms with E-state index in [9.17, 15) is 8.78 Å². The third-order valence-corrected chi connectivity index (χ3v) is 3.65. The summed E-state index contributed by atoms with van der Waals surface area (Å²) in [5.74, 6) is -1.05. The molecular formula is C14H7Cl3F2N2. The molecule has 21 heavy (non-hydrogen) atoms. The Labute approximate surface area is 133 Å². The van der Waals surface area contributed by atoms with E-state index in [-0.39, 0.29) is 16.9 Å². The molecule has 0 saturated carbocycles. The smallest absolute Gasteiger partial charge is 0.153 e. The summed E-state index contributed by atoms with van der Waals surface area (Å²) in [6.07, 6.45) is 0. The Morgan fingerprint density at radius 1 is 1.00 bits per heavy atom. The highest BCUT2D eigenvalue weighted by atomic mass is 35.5. The summed E-state index contributed by atoms with van der Waals surface area (Å²) in [5.41, 5.74) is 0.847. The Kier molecular flexibility index (Phi) is 3.78. The molecule has 0 amide bonds. The molecule has 0 fully saturated rings. The van der Waals surface area contributed by atoms with Crippen molar-refractivity contribution in [3.63, 3.8) is 0 Å². The van der Waals surface area contributed by atoms with Gasteiger partial charge in [0.2, 0.25) is 0 Å². The second-order valence-corrected chi connectivity index (χ2v) is 5.52. The highest BCUT2D eigenvalue weighted by molar-refractivity contribution is 6.34. The molecule has 1 aromatic heterocycles. The highest BCUT2D eigenvalue weighted by Gasteiger charge is 2.17. The fourth-order valence-electron chi connectivity index (χ4n) is 2.20. The minimum absolute atomic E-state index is 0.0277. The van der Waals surface area contributed by atoms with E-state index in [4.69, 9.17) is 34.8 Å². The molecule has 2 nitrogen and oxygen atoms in total. The molecule has 7 heteroatoms. The van der Waals surface area contributed by atoms with Crippen molar-refractivity contribution in [2.75, 3.05) is 0 Å². The number of fused-ring (bicyclic) bond motifs is 1. The zero-order valence-electron chi connectivity index (χ0n) is 10.4. The van der Waals surface area contributed by atoms with Crippen LogP contribution >= 0.6 is 34.8 Å². The Morgan fingerprint density at radius 2 is 1.67 bits per heavy atom. The summed E-state index contributed by atoms with van der Waals surface area (Å²) >= 11 is 17.8. The van der Waals surface area contributed by atoms with Gasteiger partial charge in [-0.15, -0.1) is 11.6 Å². The van der Waals surface area contributed by atoms with Gasteiger partial charge in [-0.25, -0.2) is 13.8 Å². The first-order valence-corrected chi connectivity index (χ1v) is 7.17. The van der Waals surface area contributed by atoms with Crippen molar-refractivity contribution in [1.29, 1.82) is 0 Å². The molecule has 0 radical (unpaired) electrons. The number of alkyl halides is 1. The quantitative estimate of drug-likeness (QED) is 0.571. The van der Waals surface area contributed by atoms with E-state index < -0.39 is 11.6 Å². The lowest BCUT2D eigenvalue weighted by atomic mass is 10.2. The zero-order chi connectivity index (χ0) is 15.1. The number of hydrogen-bond donors (Lipinski definition) is 0. The van der Waals surface area contributed by atoms with Crippen molar-refractivity contribution in [2.24, 2.45) is 0 Å². The lowest BCUT2D eigenvalue weighted by Gasteiger charge is -2.09. The average molecular weight is 348 g/mol. The van der Waals surface area contributed by atoms with E-state index in [0.29, 0.717) is 21.6 Å². The van der Waals surface area contributed by atoms with E-state index in [0.717, 1.165) is 6.07 Å². The monoisotopic (exact) mass is 346 g/mol. The van der Waals surface area contributed by atoms with Gasteiger partial charge in [-0.3, -0.25) is 4.57 Å². The molecule has 108 valence electrons. The van der Waals surface area contributed by atoms with Crippen molar-refractivity contribution in [2.45, 2.75) is 5.88 Å². The number of halogens is 5. The van der Waals surface area contributed by atoms with Gasteiger partial charge in [0.15, 0.2) is 5.82 Å². The van der Waals surface area contributed by atoms with Crippen LogP contribution in [0.2, 0.25) is 10.0 Å². The molecule has 0 bridgehead atoms. The summed E-state index contributed by atoms with van der Waals surface area (Å²) in [7, 11) is 0. The second kappa shape index (κ2) is 5.44. The van der Waals surface area contributed by atoms with Crippen molar-refractivity contribution in [3.8, 4) is 5.69 Å². The van der Waals surface area contributed by atoms with Gasteiger partial charge in [-0.2, -0.15) is 0 Å². The molecule has 0 unspecified atom stereocenters. The first-order valence-electron chi connectivity index (χ1n) is 5.88. The molecule has 0 aliphatic rings. The Morgan fingerprint density at radius 3 is 2.29 bits per heavy atom. The van der Waals surface area contributed by atoms with Crippen molar-refractivity contribution < 1.29 is 8.78 Å². The van der Waals surface area contributed by atoms with Gasteiger partial charge in [0.25, 0.3) is 0 Å². The standard InChI is InChI=1S/C14H7Cl3F2N2/c15-6-13-20-14-11(19)4-9(18)5-12(14)21(13)10-2-7(16)1-8(17)3-10/h1-5H,6H2. The molecular weight excluding hydrogens is 341 g/mol. The van der Waals surface area contributed by atoms with Gasteiger partial charge < -0.3 is 0 Å². The summed E-state index contributed by atoms with van der Waals surface area (Å²) in [6, 6.07) is 6.77. The van der Waals surface area contributed by atoms with Gasteiger partial charge in [0, 0.05) is 22.2 Å².